The van der Waals surface area contributed by atoms with Gasteiger partial charge >= 0.3 is 0 Å². The van der Waals surface area contributed by atoms with Crippen LogP contribution >= 0.6 is 0 Å². The molecule has 1 fully saturated rings. The van der Waals surface area contributed by atoms with Gasteiger partial charge in [-0.2, -0.15) is 0 Å². The minimum absolute atomic E-state index is 0.231. The molecule has 5 nitrogen and oxygen atoms in total. The van der Waals surface area contributed by atoms with Gasteiger partial charge in [0.2, 0.25) is 0 Å². The van der Waals surface area contributed by atoms with E-state index in [-0.39, 0.29) is 6.04 Å². The monoisotopic (exact) mass is 521 g/mol. The van der Waals surface area contributed by atoms with E-state index in [0.717, 1.165) is 54.3 Å². The standard InChI is InChI=1S/C35H31N5/c1-5-13-27(14-6-1)31-25-40(30-19-11-4-12-20-30)35-32(31)34(36-26-37-35)39-23-21-38(22-24-39)33(28-15-7-2-8-16-28)29-17-9-3-10-18-29/h1-20,25-26,33H,21-24H2. The van der Waals surface area contributed by atoms with Crippen LogP contribution in [0.3, 0.4) is 0 Å². The highest BCUT2D eigenvalue weighted by Gasteiger charge is 2.29. The lowest BCUT2D eigenvalue weighted by Crippen LogP contribution is -2.48. The summed E-state index contributed by atoms with van der Waals surface area (Å²) in [6.07, 6.45) is 3.93. The third kappa shape index (κ3) is 4.55. The SMILES string of the molecule is c1ccc(-c2cn(-c3ccccc3)c3ncnc(N4CCN(C(c5ccccc5)c5ccccc5)CC4)c23)cc1. The van der Waals surface area contributed by atoms with E-state index < -0.39 is 0 Å². The van der Waals surface area contributed by atoms with Crippen molar-refractivity contribution < 1.29 is 0 Å². The molecule has 3 heterocycles. The van der Waals surface area contributed by atoms with E-state index in [1.54, 1.807) is 6.33 Å². The van der Waals surface area contributed by atoms with Gasteiger partial charge in [0, 0.05) is 43.6 Å². The van der Waals surface area contributed by atoms with Crippen molar-refractivity contribution in [2.24, 2.45) is 0 Å². The summed E-state index contributed by atoms with van der Waals surface area (Å²) in [6.45, 7) is 3.68. The molecule has 0 radical (unpaired) electrons. The summed E-state index contributed by atoms with van der Waals surface area (Å²) in [5.74, 6) is 1.01. The lowest BCUT2D eigenvalue weighted by Gasteiger charge is -2.40. The summed E-state index contributed by atoms with van der Waals surface area (Å²) in [5, 5.41) is 1.11. The number of benzene rings is 4. The molecule has 2 aromatic heterocycles. The topological polar surface area (TPSA) is 37.2 Å². The predicted octanol–water partition coefficient (Wildman–Crippen LogP) is 7.00. The average molecular weight is 522 g/mol. The van der Waals surface area contributed by atoms with Gasteiger partial charge in [-0.1, -0.05) is 109 Å². The van der Waals surface area contributed by atoms with Crippen LogP contribution in [0.1, 0.15) is 17.2 Å². The van der Waals surface area contributed by atoms with Crippen LogP contribution < -0.4 is 4.90 Å². The first kappa shape index (κ1) is 24.3. The Morgan fingerprint density at radius 1 is 0.575 bits per heavy atom. The number of nitrogens with zero attached hydrogens (tertiary/aromatic N) is 5. The Morgan fingerprint density at radius 2 is 1.12 bits per heavy atom. The number of rotatable bonds is 6. The third-order valence-electron chi connectivity index (χ3n) is 7.89. The number of aromatic nitrogens is 3. The van der Waals surface area contributed by atoms with Gasteiger partial charge in [-0.3, -0.25) is 4.90 Å². The van der Waals surface area contributed by atoms with Gasteiger partial charge in [0.15, 0.2) is 5.65 Å². The lowest BCUT2D eigenvalue weighted by atomic mass is 9.96. The molecule has 0 amide bonds. The number of hydrogen-bond donors (Lipinski definition) is 0. The van der Waals surface area contributed by atoms with Crippen LogP contribution in [0.5, 0.6) is 0 Å². The minimum atomic E-state index is 0.231. The van der Waals surface area contributed by atoms with E-state index in [4.69, 9.17) is 9.97 Å². The average Bonchev–Trinajstić information content (AvgIpc) is 3.44. The zero-order valence-corrected chi connectivity index (χ0v) is 22.3. The molecule has 5 heteroatoms. The van der Waals surface area contributed by atoms with Gasteiger partial charge in [-0.25, -0.2) is 9.97 Å². The maximum Gasteiger partial charge on any atom is 0.150 e. The molecule has 0 atom stereocenters. The van der Waals surface area contributed by atoms with Crippen molar-refractivity contribution in [3.05, 3.63) is 145 Å². The highest BCUT2D eigenvalue weighted by molar-refractivity contribution is 6.02. The minimum Gasteiger partial charge on any atom is -0.353 e. The second kappa shape index (κ2) is 10.8. The van der Waals surface area contributed by atoms with Crippen LogP contribution in [0.2, 0.25) is 0 Å². The molecular formula is C35H31N5. The molecule has 0 spiro atoms. The van der Waals surface area contributed by atoms with E-state index >= 15 is 0 Å². The van der Waals surface area contributed by atoms with Crippen molar-refractivity contribution in [1.29, 1.82) is 0 Å². The van der Waals surface area contributed by atoms with Crippen LogP contribution in [-0.4, -0.2) is 45.6 Å². The van der Waals surface area contributed by atoms with E-state index in [1.165, 1.54) is 16.7 Å². The van der Waals surface area contributed by atoms with Gasteiger partial charge in [0.05, 0.1) is 11.4 Å². The van der Waals surface area contributed by atoms with Crippen molar-refractivity contribution >= 4 is 16.9 Å². The number of fused-ring (bicyclic) bond motifs is 1. The highest BCUT2D eigenvalue weighted by Crippen LogP contribution is 2.38. The first-order chi connectivity index (χ1) is 19.9. The van der Waals surface area contributed by atoms with Crippen LogP contribution in [0.4, 0.5) is 5.82 Å². The Hall–Kier alpha value is -4.74. The molecule has 4 aromatic carbocycles. The lowest BCUT2D eigenvalue weighted by molar-refractivity contribution is 0.212. The largest absolute Gasteiger partial charge is 0.353 e. The first-order valence-electron chi connectivity index (χ1n) is 13.9. The zero-order chi connectivity index (χ0) is 26.7. The summed E-state index contributed by atoms with van der Waals surface area (Å²) in [7, 11) is 0. The molecule has 0 aliphatic carbocycles. The van der Waals surface area contributed by atoms with Crippen LogP contribution in [-0.2, 0) is 0 Å². The summed E-state index contributed by atoms with van der Waals surface area (Å²) < 4.78 is 2.19. The number of para-hydroxylation sites is 1. The Balaban J connectivity index is 1.26. The van der Waals surface area contributed by atoms with Crippen molar-refractivity contribution in [3.63, 3.8) is 0 Å². The second-order valence-electron chi connectivity index (χ2n) is 10.3. The molecule has 0 bridgehead atoms. The van der Waals surface area contributed by atoms with Crippen molar-refractivity contribution in [2.75, 3.05) is 31.1 Å². The summed E-state index contributed by atoms with van der Waals surface area (Å²) in [6, 6.07) is 43.0. The van der Waals surface area contributed by atoms with E-state index in [9.17, 15) is 0 Å². The van der Waals surface area contributed by atoms with E-state index in [0.29, 0.717) is 0 Å². The fourth-order valence-corrected chi connectivity index (χ4v) is 5.98. The second-order valence-corrected chi connectivity index (χ2v) is 10.3. The molecule has 1 aliphatic heterocycles. The quantitative estimate of drug-likeness (QED) is 0.237. The first-order valence-corrected chi connectivity index (χ1v) is 13.9. The zero-order valence-electron chi connectivity index (χ0n) is 22.3. The number of piperazine rings is 1. The fourth-order valence-electron chi connectivity index (χ4n) is 5.98. The number of anilines is 1. The molecule has 0 saturated carbocycles. The van der Waals surface area contributed by atoms with Crippen molar-refractivity contribution in [1.82, 2.24) is 19.4 Å². The highest BCUT2D eigenvalue weighted by atomic mass is 15.3. The maximum atomic E-state index is 4.89. The maximum absolute atomic E-state index is 4.89. The van der Waals surface area contributed by atoms with Crippen molar-refractivity contribution in [2.45, 2.75) is 6.04 Å². The fraction of sp³-hybridized carbons (Fsp3) is 0.143. The van der Waals surface area contributed by atoms with Gasteiger partial charge in [-0.05, 0) is 28.8 Å². The van der Waals surface area contributed by atoms with Crippen LogP contribution in [0, 0.1) is 0 Å². The van der Waals surface area contributed by atoms with Gasteiger partial charge in [0.25, 0.3) is 0 Å². The molecule has 40 heavy (non-hydrogen) atoms. The van der Waals surface area contributed by atoms with Gasteiger partial charge in [0.1, 0.15) is 12.1 Å². The molecule has 1 aliphatic rings. The Labute approximate surface area is 235 Å². The van der Waals surface area contributed by atoms with Crippen molar-refractivity contribution in [3.8, 4) is 16.8 Å². The third-order valence-corrected chi connectivity index (χ3v) is 7.89. The van der Waals surface area contributed by atoms with Gasteiger partial charge in [-0.15, -0.1) is 0 Å². The summed E-state index contributed by atoms with van der Waals surface area (Å²) in [5.41, 5.74) is 7.02. The summed E-state index contributed by atoms with van der Waals surface area (Å²) in [4.78, 5) is 14.7. The molecule has 1 saturated heterocycles. The Morgan fingerprint density at radius 3 is 1.73 bits per heavy atom. The molecule has 0 N–H and O–H groups in total. The Bertz CT molecular complexity index is 1650. The van der Waals surface area contributed by atoms with Crippen LogP contribution in [0.15, 0.2) is 134 Å². The Kier molecular flexibility index (Phi) is 6.56. The van der Waals surface area contributed by atoms with E-state index in [1.807, 2.05) is 6.07 Å². The molecular weight excluding hydrogens is 490 g/mol. The summed E-state index contributed by atoms with van der Waals surface area (Å²) >= 11 is 0. The smallest absolute Gasteiger partial charge is 0.150 e. The normalized spacial score (nSPS) is 14.2. The van der Waals surface area contributed by atoms with Crippen LogP contribution in [0.25, 0.3) is 27.8 Å². The molecule has 6 aromatic rings. The van der Waals surface area contributed by atoms with Gasteiger partial charge < -0.3 is 9.47 Å². The van der Waals surface area contributed by atoms with E-state index in [2.05, 4.69) is 136 Å². The predicted molar refractivity (Wildman–Crippen MR) is 163 cm³/mol. The molecule has 196 valence electrons. The molecule has 7 rings (SSSR count). The molecule has 0 unspecified atom stereocenters. The number of hydrogen-bond acceptors (Lipinski definition) is 4.